The zero-order valence-electron chi connectivity index (χ0n) is 13.1. The number of alkyl halides is 3. The van der Waals surface area contributed by atoms with E-state index in [4.69, 9.17) is 0 Å². The summed E-state index contributed by atoms with van der Waals surface area (Å²) in [5.74, 6) is 5.35. The molecule has 5 heteroatoms. The summed E-state index contributed by atoms with van der Waals surface area (Å²) < 4.78 is 38.8. The van der Waals surface area contributed by atoms with E-state index in [2.05, 4.69) is 11.8 Å². The van der Waals surface area contributed by atoms with Crippen molar-refractivity contribution in [3.05, 3.63) is 71.3 Å². The van der Waals surface area contributed by atoms with Crippen LogP contribution in [0, 0.1) is 34.5 Å². The second-order valence-electron chi connectivity index (χ2n) is 5.36. The Morgan fingerprint density at radius 1 is 0.800 bits per heavy atom. The van der Waals surface area contributed by atoms with E-state index < -0.39 is 17.2 Å². The van der Waals surface area contributed by atoms with Gasteiger partial charge in [0.2, 0.25) is 0 Å². The molecule has 0 aliphatic rings. The predicted molar refractivity (Wildman–Crippen MR) is 86.9 cm³/mol. The van der Waals surface area contributed by atoms with Gasteiger partial charge in [0, 0.05) is 12.8 Å². The number of hydrogen-bond acceptors (Lipinski definition) is 2. The van der Waals surface area contributed by atoms with Crippen LogP contribution in [0.3, 0.4) is 0 Å². The number of nitriles is 2. The fourth-order valence-electron chi connectivity index (χ4n) is 2.36. The van der Waals surface area contributed by atoms with Gasteiger partial charge in [-0.1, -0.05) is 60.4 Å². The van der Waals surface area contributed by atoms with Crippen LogP contribution >= 0.6 is 0 Å². The van der Waals surface area contributed by atoms with Gasteiger partial charge in [-0.2, -0.15) is 23.7 Å². The molecular weight excluding hydrogens is 325 g/mol. The van der Waals surface area contributed by atoms with Crippen LogP contribution in [-0.2, 0) is 18.0 Å². The fourth-order valence-corrected chi connectivity index (χ4v) is 2.36. The van der Waals surface area contributed by atoms with Crippen molar-refractivity contribution in [1.82, 2.24) is 0 Å². The molecule has 0 bridgehead atoms. The van der Waals surface area contributed by atoms with Gasteiger partial charge in [0.1, 0.15) is 0 Å². The van der Waals surface area contributed by atoms with E-state index in [-0.39, 0.29) is 18.4 Å². The molecule has 2 nitrogen and oxygen atoms in total. The van der Waals surface area contributed by atoms with Gasteiger partial charge in [0.15, 0.2) is 5.41 Å². The van der Waals surface area contributed by atoms with E-state index in [9.17, 15) is 23.7 Å². The van der Waals surface area contributed by atoms with Gasteiger partial charge in [-0.3, -0.25) is 0 Å². The molecule has 124 valence electrons. The average Bonchev–Trinajstić information content (AvgIpc) is 2.63. The third-order valence-corrected chi connectivity index (χ3v) is 3.73. The minimum Gasteiger partial charge on any atom is -0.196 e. The average molecular weight is 338 g/mol. The summed E-state index contributed by atoms with van der Waals surface area (Å²) in [4.78, 5) is 0. The van der Waals surface area contributed by atoms with Crippen molar-refractivity contribution in [1.29, 1.82) is 10.5 Å². The second kappa shape index (κ2) is 7.56. The Balaban J connectivity index is 2.21. The third-order valence-electron chi connectivity index (χ3n) is 3.73. The summed E-state index contributed by atoms with van der Waals surface area (Å²) in [7, 11) is 0. The van der Waals surface area contributed by atoms with Gasteiger partial charge >= 0.3 is 6.18 Å². The van der Waals surface area contributed by atoms with Crippen molar-refractivity contribution in [3.63, 3.8) is 0 Å². The first-order chi connectivity index (χ1) is 11.9. The Labute approximate surface area is 144 Å². The highest BCUT2D eigenvalue weighted by molar-refractivity contribution is 5.42. The lowest BCUT2D eigenvalue weighted by molar-refractivity contribution is -0.138. The van der Waals surface area contributed by atoms with Crippen LogP contribution in [0.1, 0.15) is 23.1 Å². The van der Waals surface area contributed by atoms with Crippen LogP contribution in [0.2, 0.25) is 0 Å². The fraction of sp³-hybridized carbons (Fsp3) is 0.200. The van der Waals surface area contributed by atoms with Gasteiger partial charge in [-0.05, 0) is 17.2 Å². The first-order valence-corrected chi connectivity index (χ1v) is 7.42. The highest BCUT2D eigenvalue weighted by Crippen LogP contribution is 2.32. The lowest BCUT2D eigenvalue weighted by Gasteiger charge is -2.15. The van der Waals surface area contributed by atoms with E-state index in [0.717, 1.165) is 6.07 Å². The summed E-state index contributed by atoms with van der Waals surface area (Å²) in [5, 5.41) is 18.8. The number of nitrogens with zero attached hydrogens (tertiary/aromatic N) is 2. The maximum absolute atomic E-state index is 12.9. The highest BCUT2D eigenvalue weighted by atomic mass is 19.4. The smallest absolute Gasteiger partial charge is 0.196 e. The van der Waals surface area contributed by atoms with Crippen molar-refractivity contribution < 1.29 is 13.2 Å². The molecule has 0 heterocycles. The van der Waals surface area contributed by atoms with Crippen molar-refractivity contribution in [3.8, 4) is 24.0 Å². The van der Waals surface area contributed by atoms with Gasteiger partial charge in [0.05, 0.1) is 17.7 Å². The van der Waals surface area contributed by atoms with Crippen LogP contribution in [0.25, 0.3) is 0 Å². The van der Waals surface area contributed by atoms with E-state index in [0.29, 0.717) is 5.56 Å². The zero-order chi connectivity index (χ0) is 18.3. The lowest BCUT2D eigenvalue weighted by Crippen LogP contribution is -2.21. The van der Waals surface area contributed by atoms with Crippen LogP contribution in [-0.4, -0.2) is 0 Å². The molecule has 0 unspecified atom stereocenters. The Bertz CT molecular complexity index is 861. The maximum atomic E-state index is 12.9. The summed E-state index contributed by atoms with van der Waals surface area (Å²) in [5.41, 5.74) is -1.57. The number of halogens is 3. The number of hydrogen-bond donors (Lipinski definition) is 0. The van der Waals surface area contributed by atoms with E-state index in [1.54, 1.807) is 30.3 Å². The monoisotopic (exact) mass is 338 g/mol. The SMILES string of the molecule is N#CC(C#N)(CC#CCc1ccccc1C(F)(F)F)c1ccccc1. The van der Waals surface area contributed by atoms with Crippen molar-refractivity contribution in [2.24, 2.45) is 0 Å². The molecule has 0 N–H and O–H groups in total. The van der Waals surface area contributed by atoms with Crippen LogP contribution < -0.4 is 0 Å². The maximum Gasteiger partial charge on any atom is 0.416 e. The summed E-state index contributed by atoms with van der Waals surface area (Å²) >= 11 is 0. The summed E-state index contributed by atoms with van der Waals surface area (Å²) in [6.45, 7) is 0. The first kappa shape index (κ1) is 18.1. The Kier molecular flexibility index (Phi) is 5.48. The minimum atomic E-state index is -4.44. The standard InChI is InChI=1S/C20H13F3N2/c21-20(22,23)18-12-5-4-8-16(18)9-6-7-13-19(14-24,15-25)17-10-2-1-3-11-17/h1-5,8,10-12H,9,13H2. The number of rotatable bonds is 3. The second-order valence-corrected chi connectivity index (χ2v) is 5.36. The molecule has 0 aliphatic carbocycles. The van der Waals surface area contributed by atoms with E-state index in [1.165, 1.54) is 18.2 Å². The van der Waals surface area contributed by atoms with E-state index in [1.807, 2.05) is 12.1 Å². The molecule has 0 radical (unpaired) electrons. The van der Waals surface area contributed by atoms with Crippen molar-refractivity contribution >= 4 is 0 Å². The van der Waals surface area contributed by atoms with Gasteiger partial charge in [0.25, 0.3) is 0 Å². The topological polar surface area (TPSA) is 47.6 Å². The molecule has 2 aromatic carbocycles. The Morgan fingerprint density at radius 2 is 1.40 bits per heavy atom. The van der Waals surface area contributed by atoms with E-state index >= 15 is 0 Å². The third kappa shape index (κ3) is 4.19. The quantitative estimate of drug-likeness (QED) is 0.766. The van der Waals surface area contributed by atoms with Crippen LogP contribution in [0.15, 0.2) is 54.6 Å². The van der Waals surface area contributed by atoms with Crippen molar-refractivity contribution in [2.75, 3.05) is 0 Å². The largest absolute Gasteiger partial charge is 0.416 e. The molecule has 2 rings (SSSR count). The van der Waals surface area contributed by atoms with Gasteiger partial charge in [-0.25, -0.2) is 0 Å². The lowest BCUT2D eigenvalue weighted by atomic mass is 9.80. The summed E-state index contributed by atoms with van der Waals surface area (Å²) in [6.07, 6.45) is -4.61. The Morgan fingerprint density at radius 3 is 2.00 bits per heavy atom. The molecule has 0 amide bonds. The molecule has 0 aliphatic heterocycles. The molecule has 0 saturated carbocycles. The van der Waals surface area contributed by atoms with Gasteiger partial charge < -0.3 is 0 Å². The molecule has 2 aromatic rings. The molecule has 0 atom stereocenters. The van der Waals surface area contributed by atoms with Crippen molar-refractivity contribution in [2.45, 2.75) is 24.4 Å². The normalized spacial score (nSPS) is 10.9. The summed E-state index contributed by atoms with van der Waals surface area (Å²) in [6, 6.07) is 17.7. The zero-order valence-corrected chi connectivity index (χ0v) is 13.1. The minimum absolute atomic E-state index is 0.0710. The molecule has 0 fully saturated rings. The molecule has 25 heavy (non-hydrogen) atoms. The first-order valence-electron chi connectivity index (χ1n) is 7.42. The van der Waals surface area contributed by atoms with Crippen LogP contribution in [0.5, 0.6) is 0 Å². The molecule has 0 saturated heterocycles. The predicted octanol–water partition coefficient (Wildman–Crippen LogP) is 4.63. The van der Waals surface area contributed by atoms with Gasteiger partial charge in [-0.15, -0.1) is 0 Å². The highest BCUT2D eigenvalue weighted by Gasteiger charge is 2.33. The van der Waals surface area contributed by atoms with Crippen LogP contribution in [0.4, 0.5) is 13.2 Å². The molecule has 0 spiro atoms. The molecule has 0 aromatic heterocycles. The molecular formula is C20H13F3N2. The number of benzene rings is 2. The Hall–Kier alpha value is -3.23.